The fourth-order valence-electron chi connectivity index (χ4n) is 4.71. The van der Waals surface area contributed by atoms with Gasteiger partial charge in [0.25, 0.3) is 5.56 Å². The first-order valence-corrected chi connectivity index (χ1v) is 11.3. The normalized spacial score (nSPS) is 18.5. The molecule has 8 heteroatoms. The number of hydrogen-bond donors (Lipinski definition) is 2. The van der Waals surface area contributed by atoms with E-state index in [1.807, 2.05) is 54.9 Å². The van der Waals surface area contributed by atoms with Crippen LogP contribution in [0.1, 0.15) is 29.3 Å². The van der Waals surface area contributed by atoms with Gasteiger partial charge in [0, 0.05) is 36.5 Å². The lowest BCUT2D eigenvalue weighted by molar-refractivity contribution is -0.0223. The van der Waals surface area contributed by atoms with Crippen molar-refractivity contribution in [1.82, 2.24) is 24.7 Å². The number of aliphatic hydroxyl groups is 1. The van der Waals surface area contributed by atoms with Crippen molar-refractivity contribution in [2.45, 2.75) is 24.9 Å². The average Bonchev–Trinajstić information content (AvgIpc) is 3.40. The Morgan fingerprint density at radius 1 is 1.12 bits per heavy atom. The molecule has 5 aromatic rings. The van der Waals surface area contributed by atoms with Crippen molar-refractivity contribution in [2.24, 2.45) is 0 Å². The second-order valence-corrected chi connectivity index (χ2v) is 8.62. The first-order valence-electron chi connectivity index (χ1n) is 11.3. The van der Waals surface area contributed by atoms with Crippen molar-refractivity contribution in [1.29, 1.82) is 0 Å². The molecule has 4 heterocycles. The van der Waals surface area contributed by atoms with Crippen LogP contribution in [-0.4, -0.2) is 49.2 Å². The Labute approximate surface area is 194 Å². The maximum absolute atomic E-state index is 13.1. The number of benzene rings is 2. The SMILES string of the molecule is O=c1[nH]c([C@@H]2CCOC[C@@H]2O)nc2c1cc(Cc1ccc(-n3cccn3)nc1)c1ccccc12. The third-order valence-electron chi connectivity index (χ3n) is 6.44. The van der Waals surface area contributed by atoms with E-state index < -0.39 is 6.10 Å². The Morgan fingerprint density at radius 3 is 2.76 bits per heavy atom. The molecule has 1 saturated heterocycles. The molecule has 34 heavy (non-hydrogen) atoms. The topological polar surface area (TPSA) is 106 Å². The maximum Gasteiger partial charge on any atom is 0.258 e. The first-order chi connectivity index (χ1) is 16.7. The molecule has 1 aliphatic rings. The first kappa shape index (κ1) is 20.7. The van der Waals surface area contributed by atoms with Crippen molar-refractivity contribution in [3.05, 3.63) is 94.4 Å². The molecule has 0 amide bonds. The van der Waals surface area contributed by atoms with Crippen molar-refractivity contribution >= 4 is 21.7 Å². The molecule has 0 unspecified atom stereocenters. The van der Waals surface area contributed by atoms with Gasteiger partial charge < -0.3 is 14.8 Å². The Kier molecular flexibility index (Phi) is 5.16. The van der Waals surface area contributed by atoms with E-state index >= 15 is 0 Å². The highest BCUT2D eigenvalue weighted by molar-refractivity contribution is 6.06. The molecular formula is C26H23N5O3. The number of aliphatic hydroxyl groups excluding tert-OH is 1. The Bertz CT molecular complexity index is 1530. The molecule has 3 aromatic heterocycles. The number of aromatic amines is 1. The second-order valence-electron chi connectivity index (χ2n) is 8.62. The number of pyridine rings is 1. The molecule has 0 spiro atoms. The summed E-state index contributed by atoms with van der Waals surface area (Å²) in [6.45, 7) is 0.787. The average molecular weight is 454 g/mol. The molecule has 1 aliphatic heterocycles. The summed E-state index contributed by atoms with van der Waals surface area (Å²) in [7, 11) is 0. The number of nitrogens with zero attached hydrogens (tertiary/aromatic N) is 4. The molecule has 0 aliphatic carbocycles. The summed E-state index contributed by atoms with van der Waals surface area (Å²) < 4.78 is 7.06. The summed E-state index contributed by atoms with van der Waals surface area (Å²) in [5.74, 6) is 1.02. The zero-order valence-corrected chi connectivity index (χ0v) is 18.4. The molecule has 0 bridgehead atoms. The smallest absolute Gasteiger partial charge is 0.258 e. The van der Waals surface area contributed by atoms with Crippen LogP contribution in [0.25, 0.3) is 27.5 Å². The lowest BCUT2D eigenvalue weighted by Gasteiger charge is -2.27. The van der Waals surface area contributed by atoms with Crippen LogP contribution in [0, 0.1) is 0 Å². The second kappa shape index (κ2) is 8.48. The van der Waals surface area contributed by atoms with Crippen LogP contribution in [0.2, 0.25) is 0 Å². The van der Waals surface area contributed by atoms with Gasteiger partial charge in [0.15, 0.2) is 5.82 Å². The molecule has 0 saturated carbocycles. The van der Waals surface area contributed by atoms with Gasteiger partial charge in [-0.2, -0.15) is 5.10 Å². The van der Waals surface area contributed by atoms with Crippen molar-refractivity contribution in [3.63, 3.8) is 0 Å². The molecule has 2 aromatic carbocycles. The molecule has 1 fully saturated rings. The largest absolute Gasteiger partial charge is 0.390 e. The monoisotopic (exact) mass is 453 g/mol. The van der Waals surface area contributed by atoms with Gasteiger partial charge in [-0.05, 0) is 47.6 Å². The van der Waals surface area contributed by atoms with Crippen molar-refractivity contribution in [2.75, 3.05) is 13.2 Å². The van der Waals surface area contributed by atoms with E-state index in [1.165, 1.54) is 0 Å². The highest BCUT2D eigenvalue weighted by atomic mass is 16.5. The van der Waals surface area contributed by atoms with Crippen molar-refractivity contribution < 1.29 is 9.84 Å². The molecule has 8 nitrogen and oxygen atoms in total. The van der Waals surface area contributed by atoms with E-state index in [0.717, 1.165) is 27.7 Å². The van der Waals surface area contributed by atoms with Crippen LogP contribution in [-0.2, 0) is 11.2 Å². The number of aromatic nitrogens is 5. The van der Waals surface area contributed by atoms with Gasteiger partial charge in [-0.25, -0.2) is 14.6 Å². The van der Waals surface area contributed by atoms with Gasteiger partial charge in [0.1, 0.15) is 5.82 Å². The summed E-state index contributed by atoms with van der Waals surface area (Å²) in [5, 5.41) is 17.1. The Hall–Kier alpha value is -3.88. The quantitative estimate of drug-likeness (QED) is 0.405. The Morgan fingerprint density at radius 2 is 2.00 bits per heavy atom. The van der Waals surface area contributed by atoms with Gasteiger partial charge in [0.2, 0.25) is 0 Å². The molecule has 6 rings (SSSR count). The third-order valence-corrected chi connectivity index (χ3v) is 6.44. The Balaban J connectivity index is 1.43. The van der Waals surface area contributed by atoms with E-state index in [0.29, 0.717) is 36.2 Å². The number of nitrogens with one attached hydrogen (secondary N) is 1. The van der Waals surface area contributed by atoms with Crippen LogP contribution < -0.4 is 5.56 Å². The van der Waals surface area contributed by atoms with Gasteiger partial charge in [-0.1, -0.05) is 30.3 Å². The van der Waals surface area contributed by atoms with E-state index in [-0.39, 0.29) is 18.1 Å². The van der Waals surface area contributed by atoms with Crippen LogP contribution in [0.5, 0.6) is 0 Å². The van der Waals surface area contributed by atoms with Crippen LogP contribution in [0.4, 0.5) is 0 Å². The minimum Gasteiger partial charge on any atom is -0.390 e. The van der Waals surface area contributed by atoms with Crippen LogP contribution in [0.3, 0.4) is 0 Å². The summed E-state index contributed by atoms with van der Waals surface area (Å²) >= 11 is 0. The molecule has 2 N–H and O–H groups in total. The molecule has 2 atom stereocenters. The number of H-pyrrole nitrogens is 1. The summed E-state index contributed by atoms with van der Waals surface area (Å²) in [5.41, 5.74) is 2.52. The third kappa shape index (κ3) is 3.67. The van der Waals surface area contributed by atoms with Gasteiger partial charge in [-0.3, -0.25) is 4.79 Å². The van der Waals surface area contributed by atoms with Crippen LogP contribution in [0.15, 0.2) is 71.9 Å². The van der Waals surface area contributed by atoms with Gasteiger partial charge in [0.05, 0.1) is 23.6 Å². The standard InChI is InChI=1S/C26H23N5O3/c32-22-15-34-11-8-20(22)25-29-24-19-5-2-1-4-18(19)17(13-21(24)26(33)30-25)12-16-6-7-23(27-14-16)31-10-3-9-28-31/h1-7,9-10,13-14,20,22,32H,8,11-12,15H2,(H,29,30,33)/t20-,22+/m1/s1. The minimum atomic E-state index is -0.683. The predicted molar refractivity (Wildman–Crippen MR) is 128 cm³/mol. The lowest BCUT2D eigenvalue weighted by Crippen LogP contribution is -2.32. The summed E-state index contributed by atoms with van der Waals surface area (Å²) in [6.07, 6.45) is 5.98. The molecule has 170 valence electrons. The number of rotatable bonds is 4. The zero-order chi connectivity index (χ0) is 23.1. The van der Waals surface area contributed by atoms with Crippen molar-refractivity contribution in [3.8, 4) is 5.82 Å². The maximum atomic E-state index is 13.1. The highest BCUT2D eigenvalue weighted by Crippen LogP contribution is 2.30. The highest BCUT2D eigenvalue weighted by Gasteiger charge is 2.28. The summed E-state index contributed by atoms with van der Waals surface area (Å²) in [4.78, 5) is 25.4. The zero-order valence-electron chi connectivity index (χ0n) is 18.4. The fourth-order valence-corrected chi connectivity index (χ4v) is 4.71. The van der Waals surface area contributed by atoms with Gasteiger partial charge >= 0.3 is 0 Å². The van der Waals surface area contributed by atoms with Crippen LogP contribution >= 0.6 is 0 Å². The molecular weight excluding hydrogens is 430 g/mol. The fraction of sp³-hybridized carbons (Fsp3) is 0.231. The number of ether oxygens (including phenoxy) is 1. The molecule has 0 radical (unpaired) electrons. The number of fused-ring (bicyclic) bond motifs is 3. The van der Waals surface area contributed by atoms with E-state index in [9.17, 15) is 9.90 Å². The van der Waals surface area contributed by atoms with E-state index in [1.54, 1.807) is 10.9 Å². The predicted octanol–water partition coefficient (Wildman–Crippen LogP) is 3.11. The van der Waals surface area contributed by atoms with E-state index in [2.05, 4.69) is 21.1 Å². The number of hydrogen-bond acceptors (Lipinski definition) is 6. The van der Waals surface area contributed by atoms with Gasteiger partial charge in [-0.15, -0.1) is 0 Å². The summed E-state index contributed by atoms with van der Waals surface area (Å²) in [6, 6.07) is 15.8. The minimum absolute atomic E-state index is 0.196. The lowest BCUT2D eigenvalue weighted by atomic mass is 9.94. The van der Waals surface area contributed by atoms with E-state index in [4.69, 9.17) is 9.72 Å².